The van der Waals surface area contributed by atoms with Crippen LogP contribution < -0.4 is 5.32 Å². The first-order valence-electron chi connectivity index (χ1n) is 5.78. The lowest BCUT2D eigenvalue weighted by atomic mass is 10.1. The van der Waals surface area contributed by atoms with E-state index in [2.05, 4.69) is 33.4 Å². The monoisotopic (exact) mass is 357 g/mol. The highest BCUT2D eigenvalue weighted by Crippen LogP contribution is 2.42. The minimum atomic E-state index is -0.344. The summed E-state index contributed by atoms with van der Waals surface area (Å²) in [5.41, 5.74) is 2.00. The van der Waals surface area contributed by atoms with Crippen molar-refractivity contribution in [3.63, 3.8) is 0 Å². The van der Waals surface area contributed by atoms with E-state index in [0.717, 1.165) is 11.4 Å². The summed E-state index contributed by atoms with van der Waals surface area (Å²) in [4.78, 5) is 1.29. The molecule has 1 heterocycles. The van der Waals surface area contributed by atoms with E-state index in [1.165, 1.54) is 22.6 Å². The minimum absolute atomic E-state index is 0.195. The molecule has 19 heavy (non-hydrogen) atoms. The highest BCUT2D eigenvalue weighted by molar-refractivity contribution is 9.10. The number of benzene rings is 2. The first-order valence-corrected chi connectivity index (χ1v) is 7.93. The van der Waals surface area contributed by atoms with E-state index in [1.54, 1.807) is 0 Å². The molecule has 1 N–H and O–H groups in total. The lowest BCUT2D eigenvalue weighted by Gasteiger charge is -2.17. The number of hydrogen-bond donors (Lipinski definition) is 1. The van der Waals surface area contributed by atoms with Crippen LogP contribution in [-0.4, -0.2) is 5.75 Å². The molecule has 1 aliphatic heterocycles. The van der Waals surface area contributed by atoms with E-state index < -0.39 is 0 Å². The van der Waals surface area contributed by atoms with E-state index >= 15 is 0 Å². The second kappa shape index (κ2) is 5.35. The van der Waals surface area contributed by atoms with Crippen LogP contribution in [-0.2, 0) is 0 Å². The van der Waals surface area contributed by atoms with Gasteiger partial charge >= 0.3 is 0 Å². The molecule has 5 heteroatoms. The van der Waals surface area contributed by atoms with E-state index in [9.17, 15) is 4.39 Å². The van der Waals surface area contributed by atoms with Crippen molar-refractivity contribution in [2.75, 3.05) is 11.1 Å². The van der Waals surface area contributed by atoms with Crippen molar-refractivity contribution in [2.45, 2.75) is 10.9 Å². The normalized spacial score (nSPS) is 17.3. The van der Waals surface area contributed by atoms with Crippen LogP contribution >= 0.6 is 39.3 Å². The zero-order valence-corrected chi connectivity index (χ0v) is 12.9. The number of rotatable bonds is 2. The van der Waals surface area contributed by atoms with Gasteiger partial charge in [0, 0.05) is 15.1 Å². The van der Waals surface area contributed by atoms with E-state index in [1.807, 2.05) is 23.9 Å². The fraction of sp³-hybridized carbons (Fsp3) is 0.143. The molecule has 0 radical (unpaired) electrons. The Morgan fingerprint density at radius 1 is 1.32 bits per heavy atom. The highest BCUT2D eigenvalue weighted by Gasteiger charge is 2.23. The molecule has 0 amide bonds. The van der Waals surface area contributed by atoms with Crippen molar-refractivity contribution in [3.8, 4) is 0 Å². The molecular weight excluding hydrogens is 349 g/mol. The van der Waals surface area contributed by atoms with Crippen LogP contribution in [0.1, 0.15) is 11.6 Å². The molecule has 0 bridgehead atoms. The second-order valence-electron chi connectivity index (χ2n) is 4.29. The van der Waals surface area contributed by atoms with Crippen molar-refractivity contribution in [1.29, 1.82) is 0 Å². The summed E-state index contributed by atoms with van der Waals surface area (Å²) < 4.78 is 13.9. The van der Waals surface area contributed by atoms with Crippen LogP contribution in [0.3, 0.4) is 0 Å². The first-order chi connectivity index (χ1) is 9.15. The van der Waals surface area contributed by atoms with Crippen LogP contribution in [0.2, 0.25) is 5.02 Å². The Morgan fingerprint density at radius 2 is 2.11 bits per heavy atom. The van der Waals surface area contributed by atoms with Gasteiger partial charge in [0.15, 0.2) is 0 Å². The second-order valence-corrected chi connectivity index (χ2v) is 6.61. The number of fused-ring (bicyclic) bond motifs is 1. The summed E-state index contributed by atoms with van der Waals surface area (Å²) in [5, 5.41) is 3.78. The number of nitrogens with one attached hydrogen (secondary N) is 1. The summed E-state index contributed by atoms with van der Waals surface area (Å²) in [6, 6.07) is 11.2. The largest absolute Gasteiger partial charge is 0.375 e. The highest BCUT2D eigenvalue weighted by atomic mass is 79.9. The molecule has 2 aromatic carbocycles. The summed E-state index contributed by atoms with van der Waals surface area (Å²) >= 11 is 11.3. The van der Waals surface area contributed by atoms with Crippen LogP contribution in [0.25, 0.3) is 0 Å². The third-order valence-electron chi connectivity index (χ3n) is 3.03. The van der Waals surface area contributed by atoms with Gasteiger partial charge in [-0.2, -0.15) is 0 Å². The van der Waals surface area contributed by atoms with Gasteiger partial charge < -0.3 is 5.32 Å². The fourth-order valence-electron chi connectivity index (χ4n) is 2.14. The fourth-order valence-corrected chi connectivity index (χ4v) is 4.22. The molecule has 2 aromatic rings. The van der Waals surface area contributed by atoms with E-state index in [-0.39, 0.29) is 11.9 Å². The van der Waals surface area contributed by atoms with Gasteiger partial charge in [0.25, 0.3) is 0 Å². The molecule has 1 aliphatic rings. The zero-order valence-electron chi connectivity index (χ0n) is 9.79. The minimum Gasteiger partial charge on any atom is -0.375 e. The summed E-state index contributed by atoms with van der Waals surface area (Å²) in [6.07, 6.45) is 0. The molecule has 1 unspecified atom stereocenters. The Hall–Kier alpha value is -0.710. The average Bonchev–Trinajstić information content (AvgIpc) is 2.77. The summed E-state index contributed by atoms with van der Waals surface area (Å²) in [5.74, 6) is 0.600. The molecule has 0 saturated carbocycles. The van der Waals surface area contributed by atoms with Crippen molar-refractivity contribution in [1.82, 2.24) is 0 Å². The van der Waals surface area contributed by atoms with Crippen LogP contribution in [0.5, 0.6) is 0 Å². The van der Waals surface area contributed by atoms with Gasteiger partial charge in [-0.1, -0.05) is 29.8 Å². The molecule has 98 valence electrons. The lowest BCUT2D eigenvalue weighted by molar-refractivity contribution is 0.627. The van der Waals surface area contributed by atoms with E-state index in [4.69, 9.17) is 11.6 Å². The molecule has 0 saturated heterocycles. The molecular formula is C14H10BrClFNS. The van der Waals surface area contributed by atoms with Crippen LogP contribution in [0.4, 0.5) is 10.1 Å². The molecule has 0 spiro atoms. The molecule has 0 fully saturated rings. The Labute approximate surface area is 128 Å². The SMILES string of the molecule is Fc1cc(Cl)c(NC2CSc3ccccc32)c(Br)c1. The van der Waals surface area contributed by atoms with Gasteiger partial charge in [-0.3, -0.25) is 0 Å². The van der Waals surface area contributed by atoms with Crippen molar-refractivity contribution in [3.05, 3.63) is 57.3 Å². The predicted molar refractivity (Wildman–Crippen MR) is 82.6 cm³/mol. The summed E-state index contributed by atoms with van der Waals surface area (Å²) in [7, 11) is 0. The molecule has 3 rings (SSSR count). The number of thioether (sulfide) groups is 1. The number of halogens is 3. The lowest BCUT2D eigenvalue weighted by Crippen LogP contribution is -2.10. The standard InChI is InChI=1S/C14H10BrClFNS/c15-10-5-8(17)6-11(16)14(10)18-12-7-19-13-4-2-1-3-9(12)13/h1-6,12,18H,7H2. The molecule has 0 aromatic heterocycles. The average molecular weight is 359 g/mol. The van der Waals surface area contributed by atoms with Gasteiger partial charge in [-0.15, -0.1) is 11.8 Å². The van der Waals surface area contributed by atoms with Crippen molar-refractivity contribution in [2.24, 2.45) is 0 Å². The smallest absolute Gasteiger partial charge is 0.125 e. The first kappa shape index (κ1) is 13.3. The Bertz CT molecular complexity index is 612. The quantitative estimate of drug-likeness (QED) is 0.760. The zero-order chi connectivity index (χ0) is 13.4. The van der Waals surface area contributed by atoms with E-state index in [0.29, 0.717) is 9.50 Å². The Balaban J connectivity index is 1.92. The molecule has 1 atom stereocenters. The maximum Gasteiger partial charge on any atom is 0.125 e. The van der Waals surface area contributed by atoms with Crippen molar-refractivity contribution >= 4 is 45.0 Å². The third-order valence-corrected chi connectivity index (χ3v) is 5.13. The molecule has 0 aliphatic carbocycles. The predicted octanol–water partition coefficient (Wildman–Crippen LogP) is 5.50. The van der Waals surface area contributed by atoms with Gasteiger partial charge in [0.2, 0.25) is 0 Å². The van der Waals surface area contributed by atoms with Crippen molar-refractivity contribution < 1.29 is 4.39 Å². The summed E-state index contributed by atoms with van der Waals surface area (Å²) in [6.45, 7) is 0. The maximum atomic E-state index is 13.2. The van der Waals surface area contributed by atoms with Crippen LogP contribution in [0, 0.1) is 5.82 Å². The van der Waals surface area contributed by atoms with Gasteiger partial charge in [0.05, 0.1) is 16.8 Å². The van der Waals surface area contributed by atoms with Gasteiger partial charge in [-0.05, 0) is 39.7 Å². The maximum absolute atomic E-state index is 13.2. The number of anilines is 1. The van der Waals surface area contributed by atoms with Gasteiger partial charge in [0.1, 0.15) is 5.82 Å². The van der Waals surface area contributed by atoms with Crippen LogP contribution in [0.15, 0.2) is 45.8 Å². The third kappa shape index (κ3) is 2.62. The number of hydrogen-bond acceptors (Lipinski definition) is 2. The topological polar surface area (TPSA) is 12.0 Å². The molecule has 1 nitrogen and oxygen atoms in total. The Kier molecular flexibility index (Phi) is 3.74. The Morgan fingerprint density at radius 3 is 2.89 bits per heavy atom. The van der Waals surface area contributed by atoms with Gasteiger partial charge in [-0.25, -0.2) is 4.39 Å².